The third-order valence-electron chi connectivity index (χ3n) is 6.30. The SMILES string of the molecule is CCOC(=O)C1=C(C)N=c2s/c(=C/c3ccc(O[C@H](C)CC)c(OC)c3)c(=O)n2[C@@H]1c1ccc(C)cc1. The highest BCUT2D eigenvalue weighted by atomic mass is 32.1. The molecule has 2 aromatic carbocycles. The number of fused-ring (bicyclic) bond motifs is 1. The zero-order chi connectivity index (χ0) is 26.7. The van der Waals surface area contributed by atoms with Crippen LogP contribution in [0.3, 0.4) is 0 Å². The molecule has 0 radical (unpaired) electrons. The molecule has 2 heterocycles. The number of benzene rings is 2. The average Bonchev–Trinajstić information content (AvgIpc) is 3.18. The fourth-order valence-corrected chi connectivity index (χ4v) is 5.23. The van der Waals surface area contributed by atoms with E-state index >= 15 is 0 Å². The van der Waals surface area contributed by atoms with E-state index in [1.165, 1.54) is 11.3 Å². The molecule has 194 valence electrons. The summed E-state index contributed by atoms with van der Waals surface area (Å²) < 4.78 is 18.9. The molecule has 0 N–H and O–H groups in total. The molecule has 4 rings (SSSR count). The summed E-state index contributed by atoms with van der Waals surface area (Å²) in [6.07, 6.45) is 2.75. The van der Waals surface area contributed by atoms with Crippen molar-refractivity contribution in [2.45, 2.75) is 53.2 Å². The molecule has 0 fully saturated rings. The van der Waals surface area contributed by atoms with E-state index in [2.05, 4.69) is 11.9 Å². The first-order valence-corrected chi connectivity index (χ1v) is 13.2. The first-order valence-electron chi connectivity index (χ1n) is 12.4. The van der Waals surface area contributed by atoms with Crippen LogP contribution in [0.5, 0.6) is 11.5 Å². The molecule has 2 atom stereocenters. The minimum Gasteiger partial charge on any atom is -0.493 e. The normalized spacial score (nSPS) is 16.2. The molecule has 7 nitrogen and oxygen atoms in total. The number of thiazole rings is 1. The monoisotopic (exact) mass is 520 g/mol. The lowest BCUT2D eigenvalue weighted by Crippen LogP contribution is -2.39. The lowest BCUT2D eigenvalue weighted by Gasteiger charge is -2.24. The third-order valence-corrected chi connectivity index (χ3v) is 7.28. The molecule has 1 aliphatic rings. The van der Waals surface area contributed by atoms with Crippen molar-refractivity contribution >= 4 is 23.4 Å². The number of allylic oxidation sites excluding steroid dienone is 1. The van der Waals surface area contributed by atoms with Gasteiger partial charge in [0.25, 0.3) is 5.56 Å². The highest BCUT2D eigenvalue weighted by Gasteiger charge is 2.33. The molecule has 1 aromatic heterocycles. The molecule has 0 spiro atoms. The van der Waals surface area contributed by atoms with Crippen LogP contribution in [0.2, 0.25) is 0 Å². The molecule has 37 heavy (non-hydrogen) atoms. The molecular formula is C29H32N2O5S. The smallest absolute Gasteiger partial charge is 0.338 e. The van der Waals surface area contributed by atoms with Crippen LogP contribution in [0.25, 0.3) is 6.08 Å². The molecule has 0 bridgehead atoms. The van der Waals surface area contributed by atoms with Gasteiger partial charge in [0.2, 0.25) is 0 Å². The molecule has 8 heteroatoms. The van der Waals surface area contributed by atoms with Crippen LogP contribution >= 0.6 is 11.3 Å². The van der Waals surface area contributed by atoms with Crippen molar-refractivity contribution in [3.05, 3.63) is 90.1 Å². The van der Waals surface area contributed by atoms with E-state index in [0.29, 0.717) is 32.1 Å². The van der Waals surface area contributed by atoms with E-state index in [4.69, 9.17) is 14.2 Å². The number of ether oxygens (including phenoxy) is 3. The molecule has 0 amide bonds. The largest absolute Gasteiger partial charge is 0.493 e. The van der Waals surface area contributed by atoms with Gasteiger partial charge in [0.1, 0.15) is 0 Å². The lowest BCUT2D eigenvalue weighted by atomic mass is 9.95. The summed E-state index contributed by atoms with van der Waals surface area (Å²) in [5.41, 5.74) is 3.41. The predicted molar refractivity (Wildman–Crippen MR) is 145 cm³/mol. The maximum Gasteiger partial charge on any atom is 0.338 e. The second-order valence-electron chi connectivity index (χ2n) is 8.96. The Morgan fingerprint density at radius 3 is 2.51 bits per heavy atom. The summed E-state index contributed by atoms with van der Waals surface area (Å²) in [5, 5.41) is 0. The highest BCUT2D eigenvalue weighted by molar-refractivity contribution is 7.07. The van der Waals surface area contributed by atoms with Gasteiger partial charge >= 0.3 is 5.97 Å². The Balaban J connectivity index is 1.85. The number of nitrogens with zero attached hydrogens (tertiary/aromatic N) is 2. The van der Waals surface area contributed by atoms with Crippen LogP contribution in [-0.2, 0) is 9.53 Å². The van der Waals surface area contributed by atoms with Gasteiger partial charge in [0.15, 0.2) is 16.3 Å². The second kappa shape index (κ2) is 11.2. The molecule has 0 unspecified atom stereocenters. The maximum absolute atomic E-state index is 13.8. The molecule has 0 aliphatic carbocycles. The number of hydrogen-bond acceptors (Lipinski definition) is 7. The second-order valence-corrected chi connectivity index (χ2v) is 9.97. The number of methoxy groups -OCH3 is 1. The van der Waals surface area contributed by atoms with Crippen molar-refractivity contribution in [2.24, 2.45) is 4.99 Å². The Kier molecular flexibility index (Phi) is 7.97. The standard InChI is InChI=1S/C29H32N2O5S/c1-7-18(4)36-22-14-11-20(15-23(22)34-6)16-24-27(32)31-26(21-12-9-17(3)10-13-21)25(28(33)35-8-2)19(5)30-29(31)37-24/h9-16,18,26H,7-8H2,1-6H3/b24-16+/t18-,26-/m1/s1. The Morgan fingerprint density at radius 2 is 1.86 bits per heavy atom. The van der Waals surface area contributed by atoms with Crippen molar-refractivity contribution < 1.29 is 19.0 Å². The summed E-state index contributed by atoms with van der Waals surface area (Å²) >= 11 is 1.29. The van der Waals surface area contributed by atoms with E-state index in [1.54, 1.807) is 25.5 Å². The van der Waals surface area contributed by atoms with Gasteiger partial charge in [-0.3, -0.25) is 9.36 Å². The summed E-state index contributed by atoms with van der Waals surface area (Å²) in [6.45, 7) is 9.84. The molecule has 3 aromatic rings. The van der Waals surface area contributed by atoms with Crippen molar-refractivity contribution in [3.8, 4) is 11.5 Å². The molecule has 0 saturated carbocycles. The van der Waals surface area contributed by atoms with Crippen LogP contribution in [0.1, 0.15) is 56.8 Å². The van der Waals surface area contributed by atoms with Gasteiger partial charge in [-0.2, -0.15) is 0 Å². The van der Waals surface area contributed by atoms with E-state index in [9.17, 15) is 9.59 Å². The van der Waals surface area contributed by atoms with Gasteiger partial charge in [0, 0.05) is 0 Å². The fraction of sp³-hybridized carbons (Fsp3) is 0.345. The quantitative estimate of drug-likeness (QED) is 0.414. The number of esters is 1. The van der Waals surface area contributed by atoms with Crippen LogP contribution in [0.4, 0.5) is 0 Å². The summed E-state index contributed by atoms with van der Waals surface area (Å²) in [7, 11) is 1.59. The molecular weight excluding hydrogens is 488 g/mol. The van der Waals surface area contributed by atoms with Gasteiger partial charge in [-0.05, 0) is 63.5 Å². The number of rotatable bonds is 8. The summed E-state index contributed by atoms with van der Waals surface area (Å²) in [6, 6.07) is 12.8. The van der Waals surface area contributed by atoms with Gasteiger partial charge in [-0.15, -0.1) is 0 Å². The van der Waals surface area contributed by atoms with Crippen LogP contribution in [0, 0.1) is 6.92 Å². The van der Waals surface area contributed by atoms with Gasteiger partial charge in [-0.25, -0.2) is 9.79 Å². The lowest BCUT2D eigenvalue weighted by molar-refractivity contribution is -0.139. The Bertz CT molecular complexity index is 1520. The summed E-state index contributed by atoms with van der Waals surface area (Å²) in [5.74, 6) is 0.787. The predicted octanol–water partition coefficient (Wildman–Crippen LogP) is 4.29. The fourth-order valence-electron chi connectivity index (χ4n) is 4.18. The first-order chi connectivity index (χ1) is 17.8. The van der Waals surface area contributed by atoms with E-state index in [0.717, 1.165) is 23.1 Å². The third kappa shape index (κ3) is 5.39. The number of aryl methyl sites for hydroxylation is 1. The van der Waals surface area contributed by atoms with Crippen LogP contribution in [-0.4, -0.2) is 30.4 Å². The van der Waals surface area contributed by atoms with Crippen molar-refractivity contribution in [1.29, 1.82) is 0 Å². The first kappa shape index (κ1) is 26.4. The van der Waals surface area contributed by atoms with Crippen molar-refractivity contribution in [3.63, 3.8) is 0 Å². The zero-order valence-corrected chi connectivity index (χ0v) is 22.8. The topological polar surface area (TPSA) is 79.1 Å². The van der Waals surface area contributed by atoms with Crippen molar-refractivity contribution in [1.82, 2.24) is 4.57 Å². The van der Waals surface area contributed by atoms with Crippen LogP contribution < -0.4 is 24.4 Å². The van der Waals surface area contributed by atoms with Crippen molar-refractivity contribution in [2.75, 3.05) is 13.7 Å². The van der Waals surface area contributed by atoms with Gasteiger partial charge in [0.05, 0.1) is 41.7 Å². The van der Waals surface area contributed by atoms with Gasteiger partial charge in [-0.1, -0.05) is 54.2 Å². The maximum atomic E-state index is 13.8. The highest BCUT2D eigenvalue weighted by Crippen LogP contribution is 2.31. The van der Waals surface area contributed by atoms with E-state index in [1.807, 2.05) is 62.4 Å². The van der Waals surface area contributed by atoms with Gasteiger partial charge < -0.3 is 14.2 Å². The average molecular weight is 521 g/mol. The number of carbonyl (C=O) groups is 1. The Morgan fingerprint density at radius 1 is 1.14 bits per heavy atom. The summed E-state index contributed by atoms with van der Waals surface area (Å²) in [4.78, 5) is 31.9. The van der Waals surface area contributed by atoms with Crippen LogP contribution in [0.15, 0.2) is 63.5 Å². The van der Waals surface area contributed by atoms with E-state index < -0.39 is 12.0 Å². The van der Waals surface area contributed by atoms with E-state index in [-0.39, 0.29) is 18.3 Å². The molecule has 0 saturated heterocycles. The Hall–Kier alpha value is -3.65. The number of carbonyl (C=O) groups excluding carboxylic acids is 1. The minimum absolute atomic E-state index is 0.0575. The Labute approximate surface area is 220 Å². The number of hydrogen-bond donors (Lipinski definition) is 0. The molecule has 1 aliphatic heterocycles. The minimum atomic E-state index is -0.626. The zero-order valence-electron chi connectivity index (χ0n) is 22.0. The number of aromatic nitrogens is 1.